The van der Waals surface area contributed by atoms with E-state index in [1.807, 2.05) is 0 Å². The molecular weight excluding hydrogens is 272 g/mol. The second kappa shape index (κ2) is 5.28. The standard InChI is InChI=1S/C12H18O8/c1-5-7(13)8-6(19-5)4-12(20-8,11(16)18-3)9(14)10(15)17-2/h5-9,13-14H,4H2,1-3H3/t5-,6+,7?,8-,9?,12?/m0/s1. The van der Waals surface area contributed by atoms with E-state index in [2.05, 4.69) is 9.47 Å². The van der Waals surface area contributed by atoms with Crippen LogP contribution in [-0.2, 0) is 28.5 Å². The molecule has 2 heterocycles. The van der Waals surface area contributed by atoms with Gasteiger partial charge in [-0.05, 0) is 6.92 Å². The molecule has 2 rings (SSSR count). The molecule has 0 spiro atoms. The number of rotatable bonds is 3. The molecule has 0 radical (unpaired) electrons. The summed E-state index contributed by atoms with van der Waals surface area (Å²) in [5.41, 5.74) is -1.92. The third kappa shape index (κ3) is 2.08. The van der Waals surface area contributed by atoms with E-state index in [9.17, 15) is 19.8 Å². The molecular formula is C12H18O8. The molecule has 2 fully saturated rings. The molecule has 3 unspecified atom stereocenters. The zero-order valence-electron chi connectivity index (χ0n) is 11.4. The average molecular weight is 290 g/mol. The molecule has 0 aromatic rings. The lowest BCUT2D eigenvalue weighted by molar-refractivity contribution is -0.199. The van der Waals surface area contributed by atoms with Gasteiger partial charge >= 0.3 is 11.9 Å². The van der Waals surface area contributed by atoms with E-state index < -0.39 is 48.1 Å². The van der Waals surface area contributed by atoms with Crippen molar-refractivity contribution < 1.29 is 38.7 Å². The van der Waals surface area contributed by atoms with Gasteiger partial charge in [0.15, 0.2) is 6.10 Å². The fourth-order valence-corrected chi connectivity index (χ4v) is 2.71. The van der Waals surface area contributed by atoms with Crippen LogP contribution in [-0.4, -0.2) is 72.5 Å². The topological polar surface area (TPSA) is 112 Å². The predicted molar refractivity (Wildman–Crippen MR) is 62.6 cm³/mol. The molecule has 114 valence electrons. The monoisotopic (exact) mass is 290 g/mol. The Labute approximate surface area is 115 Å². The lowest BCUT2D eigenvalue weighted by Gasteiger charge is -2.30. The maximum Gasteiger partial charge on any atom is 0.341 e. The number of fused-ring (bicyclic) bond motifs is 1. The van der Waals surface area contributed by atoms with Crippen LogP contribution in [0.15, 0.2) is 0 Å². The highest BCUT2D eigenvalue weighted by atomic mass is 16.6. The summed E-state index contributed by atoms with van der Waals surface area (Å²) in [4.78, 5) is 23.5. The number of aliphatic hydroxyl groups excluding tert-OH is 2. The Bertz CT molecular complexity index is 410. The van der Waals surface area contributed by atoms with Crippen LogP contribution in [0.2, 0.25) is 0 Å². The Balaban J connectivity index is 2.29. The van der Waals surface area contributed by atoms with Gasteiger partial charge < -0.3 is 29.2 Å². The summed E-state index contributed by atoms with van der Waals surface area (Å²) in [5, 5.41) is 20.0. The largest absolute Gasteiger partial charge is 0.467 e. The SMILES string of the molecule is COC(=O)C(O)C1(C(=O)OC)C[C@H]2O[C@@H](C)C(O)[C@H]2O1. The highest BCUT2D eigenvalue weighted by Crippen LogP contribution is 2.42. The van der Waals surface area contributed by atoms with Crippen molar-refractivity contribution in [1.82, 2.24) is 0 Å². The smallest absolute Gasteiger partial charge is 0.341 e. The molecule has 0 saturated carbocycles. The number of esters is 2. The summed E-state index contributed by atoms with van der Waals surface area (Å²) >= 11 is 0. The van der Waals surface area contributed by atoms with Crippen molar-refractivity contribution in [2.45, 2.75) is 49.5 Å². The summed E-state index contributed by atoms with van der Waals surface area (Å²) in [6.45, 7) is 1.67. The van der Waals surface area contributed by atoms with Crippen molar-refractivity contribution in [2.75, 3.05) is 14.2 Å². The Kier molecular flexibility index (Phi) is 4.01. The van der Waals surface area contributed by atoms with Gasteiger partial charge in [0.05, 0.1) is 26.4 Å². The van der Waals surface area contributed by atoms with Gasteiger partial charge in [-0.3, -0.25) is 0 Å². The van der Waals surface area contributed by atoms with Crippen LogP contribution in [0.3, 0.4) is 0 Å². The van der Waals surface area contributed by atoms with Crippen molar-refractivity contribution in [3.63, 3.8) is 0 Å². The van der Waals surface area contributed by atoms with Crippen LogP contribution in [0.5, 0.6) is 0 Å². The number of hydrogen-bond acceptors (Lipinski definition) is 8. The van der Waals surface area contributed by atoms with E-state index >= 15 is 0 Å². The Morgan fingerprint density at radius 2 is 2.00 bits per heavy atom. The van der Waals surface area contributed by atoms with Crippen LogP contribution in [0.4, 0.5) is 0 Å². The van der Waals surface area contributed by atoms with Gasteiger partial charge in [0.2, 0.25) is 5.60 Å². The number of carbonyl (C=O) groups excluding carboxylic acids is 2. The minimum absolute atomic E-state index is 0.0952. The van der Waals surface area contributed by atoms with Gasteiger partial charge in [-0.1, -0.05) is 0 Å². The van der Waals surface area contributed by atoms with Crippen LogP contribution in [0.25, 0.3) is 0 Å². The zero-order chi connectivity index (χ0) is 15.1. The molecule has 8 heteroatoms. The third-order valence-corrected chi connectivity index (χ3v) is 3.82. The maximum absolute atomic E-state index is 12.0. The summed E-state index contributed by atoms with van der Waals surface area (Å²) in [5.74, 6) is -1.92. The fourth-order valence-electron chi connectivity index (χ4n) is 2.71. The molecule has 0 aromatic heterocycles. The molecule has 0 aliphatic carbocycles. The Morgan fingerprint density at radius 3 is 2.50 bits per heavy atom. The van der Waals surface area contributed by atoms with E-state index in [-0.39, 0.29) is 6.42 Å². The van der Waals surface area contributed by atoms with Crippen molar-refractivity contribution in [3.8, 4) is 0 Å². The first-order valence-electron chi connectivity index (χ1n) is 6.23. The lowest BCUT2D eigenvalue weighted by Crippen LogP contribution is -2.55. The van der Waals surface area contributed by atoms with Crippen molar-refractivity contribution in [1.29, 1.82) is 0 Å². The average Bonchev–Trinajstić information content (AvgIpc) is 2.94. The van der Waals surface area contributed by atoms with Crippen LogP contribution in [0, 0.1) is 0 Å². The lowest BCUT2D eigenvalue weighted by atomic mass is 9.91. The number of hydrogen-bond donors (Lipinski definition) is 2. The first-order valence-corrected chi connectivity index (χ1v) is 6.23. The highest BCUT2D eigenvalue weighted by molar-refractivity contribution is 5.89. The summed E-state index contributed by atoms with van der Waals surface area (Å²) in [7, 11) is 2.20. The molecule has 0 aromatic carbocycles. The highest BCUT2D eigenvalue weighted by Gasteiger charge is 2.64. The summed E-state index contributed by atoms with van der Waals surface area (Å²) < 4.78 is 20.0. The fraction of sp³-hybridized carbons (Fsp3) is 0.833. The quantitative estimate of drug-likeness (QED) is 0.596. The Hall–Kier alpha value is -1.22. The first-order chi connectivity index (χ1) is 9.37. The minimum Gasteiger partial charge on any atom is -0.467 e. The second-order valence-corrected chi connectivity index (χ2v) is 4.96. The van der Waals surface area contributed by atoms with Crippen LogP contribution in [0.1, 0.15) is 13.3 Å². The normalized spacial score (nSPS) is 41.0. The van der Waals surface area contributed by atoms with Crippen LogP contribution < -0.4 is 0 Å². The molecule has 2 aliphatic rings. The number of carbonyl (C=O) groups is 2. The molecule has 2 aliphatic heterocycles. The van der Waals surface area contributed by atoms with E-state index in [4.69, 9.17) is 9.47 Å². The van der Waals surface area contributed by atoms with Crippen LogP contribution >= 0.6 is 0 Å². The number of aliphatic hydroxyl groups is 2. The third-order valence-electron chi connectivity index (χ3n) is 3.82. The molecule has 8 nitrogen and oxygen atoms in total. The minimum atomic E-state index is -1.92. The second-order valence-electron chi connectivity index (χ2n) is 4.96. The molecule has 2 saturated heterocycles. The zero-order valence-corrected chi connectivity index (χ0v) is 11.4. The number of methoxy groups -OCH3 is 2. The van der Waals surface area contributed by atoms with Crippen molar-refractivity contribution in [3.05, 3.63) is 0 Å². The maximum atomic E-state index is 12.0. The summed E-state index contributed by atoms with van der Waals surface area (Å²) in [6.07, 6.45) is -4.74. The molecule has 2 N–H and O–H groups in total. The van der Waals surface area contributed by atoms with Gasteiger partial charge in [0.25, 0.3) is 0 Å². The van der Waals surface area contributed by atoms with Gasteiger partial charge in [-0.15, -0.1) is 0 Å². The van der Waals surface area contributed by atoms with Crippen molar-refractivity contribution >= 4 is 11.9 Å². The molecule has 0 amide bonds. The van der Waals surface area contributed by atoms with Gasteiger partial charge in [0, 0.05) is 6.42 Å². The van der Waals surface area contributed by atoms with E-state index in [1.54, 1.807) is 6.92 Å². The van der Waals surface area contributed by atoms with Gasteiger partial charge in [-0.2, -0.15) is 0 Å². The van der Waals surface area contributed by atoms with E-state index in [0.29, 0.717) is 0 Å². The predicted octanol–water partition coefficient (Wildman–Crippen LogP) is -1.63. The molecule has 6 atom stereocenters. The summed E-state index contributed by atoms with van der Waals surface area (Å²) in [6, 6.07) is 0. The Morgan fingerprint density at radius 1 is 1.35 bits per heavy atom. The van der Waals surface area contributed by atoms with E-state index in [1.165, 1.54) is 0 Å². The van der Waals surface area contributed by atoms with E-state index in [0.717, 1.165) is 14.2 Å². The first kappa shape index (κ1) is 15.2. The molecule has 20 heavy (non-hydrogen) atoms. The molecule has 0 bridgehead atoms. The number of ether oxygens (including phenoxy) is 4. The van der Waals surface area contributed by atoms with Gasteiger partial charge in [0.1, 0.15) is 12.2 Å². The van der Waals surface area contributed by atoms with Gasteiger partial charge in [-0.25, -0.2) is 9.59 Å². The van der Waals surface area contributed by atoms with Crippen molar-refractivity contribution in [2.24, 2.45) is 0 Å².